The number of nitrogens with zero attached hydrogens (tertiary/aromatic N) is 3. The van der Waals surface area contributed by atoms with Gasteiger partial charge in [0, 0.05) is 30.7 Å². The molecule has 0 N–H and O–H groups in total. The van der Waals surface area contributed by atoms with Gasteiger partial charge in [0.15, 0.2) is 0 Å². The average molecular weight is 256 g/mol. The lowest BCUT2D eigenvalue weighted by molar-refractivity contribution is -0.870. The van der Waals surface area contributed by atoms with Crippen LogP contribution < -0.4 is 0 Å². The molecule has 2 rings (SSSR count). The normalized spacial score (nSPS) is 11.5. The highest BCUT2D eigenvalue weighted by molar-refractivity contribution is 5.62. The van der Waals surface area contributed by atoms with Crippen molar-refractivity contribution in [3.63, 3.8) is 0 Å². The molecule has 0 unspecified atom stereocenters. The predicted molar refractivity (Wildman–Crippen MR) is 78.7 cm³/mol. The Morgan fingerprint density at radius 2 is 1.63 bits per heavy atom. The Bertz CT molecular complexity index is 515. The molecular weight excluding hydrogens is 234 g/mol. The quantitative estimate of drug-likeness (QED) is 0.769. The summed E-state index contributed by atoms with van der Waals surface area (Å²) in [5.74, 6) is 0. The van der Waals surface area contributed by atoms with E-state index in [-0.39, 0.29) is 0 Å². The third-order valence-corrected chi connectivity index (χ3v) is 3.09. The van der Waals surface area contributed by atoms with E-state index in [9.17, 15) is 0 Å². The molecule has 0 amide bonds. The van der Waals surface area contributed by atoms with Gasteiger partial charge in [-0.1, -0.05) is 0 Å². The molecule has 2 aromatic heterocycles. The van der Waals surface area contributed by atoms with Crippen LogP contribution in [-0.4, -0.2) is 42.1 Å². The maximum atomic E-state index is 4.46. The highest BCUT2D eigenvalue weighted by atomic mass is 15.3. The molecule has 0 aliphatic heterocycles. The first kappa shape index (κ1) is 13.7. The van der Waals surface area contributed by atoms with E-state index in [1.54, 1.807) is 0 Å². The van der Waals surface area contributed by atoms with Gasteiger partial charge in [-0.2, -0.15) is 0 Å². The van der Waals surface area contributed by atoms with Crippen LogP contribution in [0.15, 0.2) is 42.9 Å². The number of aryl methyl sites for hydroxylation is 1. The van der Waals surface area contributed by atoms with Crippen LogP contribution in [0.2, 0.25) is 0 Å². The fraction of sp³-hybridized carbons (Fsp3) is 0.375. The van der Waals surface area contributed by atoms with Gasteiger partial charge in [0.2, 0.25) is 0 Å². The summed E-state index contributed by atoms with van der Waals surface area (Å²) in [5.41, 5.74) is 3.59. The van der Waals surface area contributed by atoms with Crippen molar-refractivity contribution in [2.24, 2.45) is 0 Å². The molecule has 0 radical (unpaired) electrons. The van der Waals surface area contributed by atoms with Gasteiger partial charge in [-0.05, 0) is 41.8 Å². The molecule has 2 heterocycles. The Labute approximate surface area is 115 Å². The Hall–Kier alpha value is -1.74. The maximum Gasteiger partial charge on any atom is 0.0784 e. The second kappa shape index (κ2) is 5.93. The van der Waals surface area contributed by atoms with Crippen LogP contribution in [0.4, 0.5) is 0 Å². The number of aromatic nitrogens is 2. The van der Waals surface area contributed by atoms with E-state index in [1.807, 2.05) is 30.7 Å². The molecular formula is C16H22N3+. The lowest BCUT2D eigenvalue weighted by Crippen LogP contribution is -2.35. The molecule has 0 atom stereocenters. The highest BCUT2D eigenvalue weighted by Gasteiger charge is 2.07. The number of pyridine rings is 2. The smallest absolute Gasteiger partial charge is 0.0784 e. The van der Waals surface area contributed by atoms with Gasteiger partial charge in [0.25, 0.3) is 0 Å². The minimum Gasteiger partial charge on any atom is -0.331 e. The lowest BCUT2D eigenvalue weighted by Gasteiger charge is -2.23. The zero-order valence-electron chi connectivity index (χ0n) is 12.0. The Kier molecular flexibility index (Phi) is 4.27. The van der Waals surface area contributed by atoms with E-state index in [1.165, 1.54) is 23.4 Å². The Morgan fingerprint density at radius 1 is 0.947 bits per heavy atom. The molecule has 2 aromatic rings. The van der Waals surface area contributed by atoms with E-state index in [4.69, 9.17) is 0 Å². The maximum absolute atomic E-state index is 4.46. The first-order valence-corrected chi connectivity index (χ1v) is 6.70. The second-order valence-corrected chi connectivity index (χ2v) is 5.89. The molecule has 19 heavy (non-hydrogen) atoms. The molecule has 0 saturated heterocycles. The standard InChI is InChI=1S/C16H22N3/c1-19(2,3)12-4-5-16-13-15(8-11-18-16)14-6-9-17-10-7-14/h6-11,13H,4-5,12H2,1-3H3/q+1. The monoisotopic (exact) mass is 256 g/mol. The molecule has 0 saturated carbocycles. The lowest BCUT2D eigenvalue weighted by atomic mass is 10.1. The molecule has 3 heteroatoms. The molecule has 0 bridgehead atoms. The van der Waals surface area contributed by atoms with Crippen molar-refractivity contribution >= 4 is 0 Å². The van der Waals surface area contributed by atoms with Crippen molar-refractivity contribution in [3.8, 4) is 11.1 Å². The zero-order chi connectivity index (χ0) is 13.7. The zero-order valence-corrected chi connectivity index (χ0v) is 12.0. The molecule has 0 aliphatic carbocycles. The van der Waals surface area contributed by atoms with E-state index >= 15 is 0 Å². The van der Waals surface area contributed by atoms with Gasteiger partial charge >= 0.3 is 0 Å². The summed E-state index contributed by atoms with van der Waals surface area (Å²) in [4.78, 5) is 8.51. The van der Waals surface area contributed by atoms with Crippen LogP contribution >= 0.6 is 0 Å². The summed E-state index contributed by atoms with van der Waals surface area (Å²) in [6.07, 6.45) is 7.75. The summed E-state index contributed by atoms with van der Waals surface area (Å²) < 4.78 is 1.00. The van der Waals surface area contributed by atoms with Gasteiger partial charge in [-0.3, -0.25) is 9.97 Å². The minimum atomic E-state index is 1.00. The molecule has 3 nitrogen and oxygen atoms in total. The number of rotatable bonds is 5. The van der Waals surface area contributed by atoms with Gasteiger partial charge in [-0.25, -0.2) is 0 Å². The van der Waals surface area contributed by atoms with Crippen LogP contribution in [0.25, 0.3) is 11.1 Å². The Morgan fingerprint density at radius 3 is 2.32 bits per heavy atom. The van der Waals surface area contributed by atoms with Gasteiger partial charge in [0.1, 0.15) is 0 Å². The van der Waals surface area contributed by atoms with E-state index in [0.717, 1.165) is 17.3 Å². The number of hydrogen-bond donors (Lipinski definition) is 0. The number of quaternary nitrogens is 1. The van der Waals surface area contributed by atoms with Gasteiger partial charge in [0.05, 0.1) is 27.7 Å². The third-order valence-electron chi connectivity index (χ3n) is 3.09. The summed E-state index contributed by atoms with van der Waals surface area (Å²) in [6, 6.07) is 8.31. The van der Waals surface area contributed by atoms with Crippen molar-refractivity contribution in [1.29, 1.82) is 0 Å². The van der Waals surface area contributed by atoms with Gasteiger partial charge in [-0.15, -0.1) is 0 Å². The second-order valence-electron chi connectivity index (χ2n) is 5.89. The highest BCUT2D eigenvalue weighted by Crippen LogP contribution is 2.18. The topological polar surface area (TPSA) is 25.8 Å². The third kappa shape index (κ3) is 4.45. The van der Waals surface area contributed by atoms with Crippen LogP contribution in [-0.2, 0) is 6.42 Å². The number of hydrogen-bond acceptors (Lipinski definition) is 2. The summed E-state index contributed by atoms with van der Waals surface area (Å²) in [7, 11) is 6.67. The SMILES string of the molecule is C[N+](C)(C)CCCc1cc(-c2ccncc2)ccn1. The van der Waals surface area contributed by atoms with Crippen LogP contribution in [0, 0.1) is 0 Å². The predicted octanol–water partition coefficient (Wildman–Crippen LogP) is 2.78. The van der Waals surface area contributed by atoms with Gasteiger partial charge < -0.3 is 4.48 Å². The summed E-state index contributed by atoms with van der Waals surface area (Å²) in [6.45, 7) is 1.17. The fourth-order valence-electron chi connectivity index (χ4n) is 2.07. The average Bonchev–Trinajstić information content (AvgIpc) is 2.39. The van der Waals surface area contributed by atoms with E-state index in [0.29, 0.717) is 0 Å². The van der Waals surface area contributed by atoms with Crippen LogP contribution in [0.3, 0.4) is 0 Å². The van der Waals surface area contributed by atoms with Crippen molar-refractivity contribution < 1.29 is 4.48 Å². The Balaban J connectivity index is 2.04. The molecule has 0 spiro atoms. The van der Waals surface area contributed by atoms with E-state index < -0.39 is 0 Å². The fourth-order valence-corrected chi connectivity index (χ4v) is 2.07. The summed E-state index contributed by atoms with van der Waals surface area (Å²) in [5, 5.41) is 0. The van der Waals surface area contributed by atoms with Crippen LogP contribution in [0.5, 0.6) is 0 Å². The van der Waals surface area contributed by atoms with E-state index in [2.05, 4.69) is 43.2 Å². The molecule has 100 valence electrons. The van der Waals surface area contributed by atoms with Crippen molar-refractivity contribution in [1.82, 2.24) is 9.97 Å². The molecule has 0 fully saturated rings. The molecule has 0 aromatic carbocycles. The minimum absolute atomic E-state index is 1.00. The summed E-state index contributed by atoms with van der Waals surface area (Å²) >= 11 is 0. The first-order chi connectivity index (χ1) is 9.04. The largest absolute Gasteiger partial charge is 0.331 e. The van der Waals surface area contributed by atoms with Crippen molar-refractivity contribution in [3.05, 3.63) is 48.5 Å². The van der Waals surface area contributed by atoms with Crippen molar-refractivity contribution in [2.45, 2.75) is 12.8 Å². The van der Waals surface area contributed by atoms with Crippen LogP contribution in [0.1, 0.15) is 12.1 Å². The van der Waals surface area contributed by atoms with Crippen molar-refractivity contribution in [2.75, 3.05) is 27.7 Å². The first-order valence-electron chi connectivity index (χ1n) is 6.70. The molecule has 0 aliphatic rings.